The van der Waals surface area contributed by atoms with Crippen LogP contribution in [0.4, 0.5) is 0 Å². The number of halogens is 1. The lowest BCUT2D eigenvalue weighted by Gasteiger charge is -2.38. The van der Waals surface area contributed by atoms with Crippen molar-refractivity contribution in [3.63, 3.8) is 0 Å². The molecule has 8 heteroatoms. The van der Waals surface area contributed by atoms with Gasteiger partial charge in [-0.15, -0.1) is 12.4 Å². The van der Waals surface area contributed by atoms with Crippen molar-refractivity contribution < 1.29 is 13.2 Å². The average molecular weight is 432 g/mol. The first-order valence-corrected chi connectivity index (χ1v) is 11.1. The molecule has 28 heavy (non-hydrogen) atoms. The third-order valence-electron chi connectivity index (χ3n) is 5.23. The largest absolute Gasteiger partial charge is 0.338 e. The summed E-state index contributed by atoms with van der Waals surface area (Å²) in [4.78, 5) is 14.5. The molecule has 0 radical (unpaired) electrons. The molecule has 0 aliphatic carbocycles. The summed E-state index contributed by atoms with van der Waals surface area (Å²) >= 11 is 0. The Labute approximate surface area is 175 Å². The van der Waals surface area contributed by atoms with Gasteiger partial charge < -0.3 is 10.6 Å². The van der Waals surface area contributed by atoms with Crippen molar-refractivity contribution in [3.8, 4) is 0 Å². The molecule has 1 heterocycles. The zero-order chi connectivity index (χ0) is 20.2. The second kappa shape index (κ2) is 10.1. The monoisotopic (exact) mass is 431 g/mol. The highest BCUT2D eigenvalue weighted by atomic mass is 35.5. The van der Waals surface area contributed by atoms with Crippen molar-refractivity contribution >= 4 is 28.3 Å². The van der Waals surface area contributed by atoms with Crippen LogP contribution in [0.25, 0.3) is 0 Å². The van der Waals surface area contributed by atoms with E-state index in [-0.39, 0.29) is 47.6 Å². The van der Waals surface area contributed by atoms with Crippen molar-refractivity contribution in [2.45, 2.75) is 63.3 Å². The van der Waals surface area contributed by atoms with Gasteiger partial charge in [0.2, 0.25) is 15.9 Å². The molecule has 0 saturated carbocycles. The molecule has 2 atom stereocenters. The third-order valence-corrected chi connectivity index (χ3v) is 6.71. The van der Waals surface area contributed by atoms with E-state index in [1.165, 1.54) is 0 Å². The van der Waals surface area contributed by atoms with E-state index in [0.717, 1.165) is 18.4 Å². The summed E-state index contributed by atoms with van der Waals surface area (Å²) in [6.07, 6.45) is 2.02. The van der Waals surface area contributed by atoms with E-state index in [2.05, 4.69) is 32.4 Å². The van der Waals surface area contributed by atoms with Crippen LogP contribution in [-0.4, -0.2) is 44.9 Å². The number of carbonyl (C=O) groups excluding carboxylic acids is 1. The number of amides is 1. The highest BCUT2D eigenvalue weighted by molar-refractivity contribution is 7.89. The minimum Gasteiger partial charge on any atom is -0.338 e. The van der Waals surface area contributed by atoms with Crippen molar-refractivity contribution in [1.29, 1.82) is 0 Å². The zero-order valence-electron chi connectivity index (χ0n) is 17.3. The fraction of sp³-hybridized carbons (Fsp3) is 0.650. The Kier molecular flexibility index (Phi) is 8.93. The lowest BCUT2D eigenvalue weighted by atomic mass is 9.87. The number of rotatable bonds is 6. The first-order chi connectivity index (χ1) is 12.5. The molecule has 1 aromatic carbocycles. The number of nitrogens with zero attached hydrogens (tertiary/aromatic N) is 1. The molecule has 3 N–H and O–H groups in total. The van der Waals surface area contributed by atoms with Crippen LogP contribution in [-0.2, 0) is 20.2 Å². The van der Waals surface area contributed by atoms with E-state index in [0.29, 0.717) is 19.0 Å². The Bertz CT molecular complexity index is 745. The van der Waals surface area contributed by atoms with Crippen LogP contribution in [0.2, 0.25) is 0 Å². The van der Waals surface area contributed by atoms with Crippen LogP contribution in [0.3, 0.4) is 0 Å². The molecule has 160 valence electrons. The molecule has 1 aliphatic rings. The molecule has 0 aromatic heterocycles. The maximum atomic E-state index is 12.5. The summed E-state index contributed by atoms with van der Waals surface area (Å²) in [6.45, 7) is 9.64. The molecule has 6 nitrogen and oxygen atoms in total. The minimum absolute atomic E-state index is 0. The fourth-order valence-electron chi connectivity index (χ4n) is 3.46. The Hall–Kier alpha value is -1.15. The topological polar surface area (TPSA) is 92.5 Å². The summed E-state index contributed by atoms with van der Waals surface area (Å²) in [7, 11) is -3.62. The standard InChI is InChI=1S/C20H33N3O3S.ClH/c1-15-10-12-23(17(13-15)14-21)19(24)9-11-22-27(25,26)18-7-5-16(6-8-18)20(2,3)4;/h5-8,15,17,22H,9-14,21H2,1-4H3;1H. The lowest BCUT2D eigenvalue weighted by molar-refractivity contribution is -0.135. The Morgan fingerprint density at radius 2 is 1.86 bits per heavy atom. The van der Waals surface area contributed by atoms with Gasteiger partial charge in [-0.1, -0.05) is 39.8 Å². The molecule has 0 spiro atoms. The quantitative estimate of drug-likeness (QED) is 0.724. The van der Waals surface area contributed by atoms with E-state index in [1.54, 1.807) is 12.1 Å². The minimum atomic E-state index is -3.62. The number of hydrogen-bond donors (Lipinski definition) is 2. The van der Waals surface area contributed by atoms with E-state index >= 15 is 0 Å². The highest BCUT2D eigenvalue weighted by Gasteiger charge is 2.28. The number of likely N-dealkylation sites (tertiary alicyclic amines) is 1. The van der Waals surface area contributed by atoms with Crippen LogP contribution in [0, 0.1) is 5.92 Å². The van der Waals surface area contributed by atoms with Gasteiger partial charge in [0.1, 0.15) is 0 Å². The summed E-state index contributed by atoms with van der Waals surface area (Å²) in [5, 5.41) is 0. The molecule has 1 fully saturated rings. The molecule has 1 aliphatic heterocycles. The van der Waals surface area contributed by atoms with Gasteiger partial charge in [-0.3, -0.25) is 4.79 Å². The molecule has 1 saturated heterocycles. The molecule has 0 bridgehead atoms. The summed E-state index contributed by atoms with van der Waals surface area (Å²) in [5.41, 5.74) is 6.84. The van der Waals surface area contributed by atoms with Gasteiger partial charge in [-0.05, 0) is 41.9 Å². The first-order valence-electron chi connectivity index (χ1n) is 9.64. The smallest absolute Gasteiger partial charge is 0.240 e. The van der Waals surface area contributed by atoms with Crippen molar-refractivity contribution in [1.82, 2.24) is 9.62 Å². The SMILES string of the molecule is CC1CCN(C(=O)CCNS(=O)(=O)c2ccc(C(C)(C)C)cc2)C(CN)C1.Cl. The molecular formula is C20H34ClN3O3S. The van der Waals surface area contributed by atoms with E-state index < -0.39 is 10.0 Å². The van der Waals surface area contributed by atoms with Crippen LogP contribution in [0.1, 0.15) is 52.5 Å². The number of nitrogens with one attached hydrogen (secondary N) is 1. The maximum absolute atomic E-state index is 12.5. The Balaban J connectivity index is 0.00000392. The number of nitrogens with two attached hydrogens (primary N) is 1. The van der Waals surface area contributed by atoms with Gasteiger partial charge >= 0.3 is 0 Å². The van der Waals surface area contributed by atoms with Crippen LogP contribution in [0.5, 0.6) is 0 Å². The van der Waals surface area contributed by atoms with Crippen molar-refractivity contribution in [2.24, 2.45) is 11.7 Å². The summed E-state index contributed by atoms with van der Waals surface area (Å²) in [5.74, 6) is 0.528. The summed E-state index contributed by atoms with van der Waals surface area (Å²) < 4.78 is 27.5. The highest BCUT2D eigenvalue weighted by Crippen LogP contribution is 2.24. The van der Waals surface area contributed by atoms with Crippen LogP contribution < -0.4 is 10.5 Å². The number of carbonyl (C=O) groups is 1. The molecular weight excluding hydrogens is 398 g/mol. The molecule has 2 unspecified atom stereocenters. The van der Waals surface area contributed by atoms with Gasteiger partial charge in [-0.2, -0.15) is 0 Å². The van der Waals surface area contributed by atoms with E-state index in [4.69, 9.17) is 5.73 Å². The molecule has 1 aromatic rings. The van der Waals surface area contributed by atoms with Crippen LogP contribution in [0.15, 0.2) is 29.2 Å². The zero-order valence-corrected chi connectivity index (χ0v) is 18.9. The Morgan fingerprint density at radius 1 is 1.25 bits per heavy atom. The average Bonchev–Trinajstić information content (AvgIpc) is 2.60. The maximum Gasteiger partial charge on any atom is 0.240 e. The van der Waals surface area contributed by atoms with Gasteiger partial charge in [0.05, 0.1) is 4.90 Å². The van der Waals surface area contributed by atoms with Gasteiger partial charge in [0.15, 0.2) is 0 Å². The molecule has 2 rings (SSSR count). The number of sulfonamides is 1. The van der Waals surface area contributed by atoms with Gasteiger partial charge in [0.25, 0.3) is 0 Å². The second-order valence-electron chi connectivity index (χ2n) is 8.53. The fourth-order valence-corrected chi connectivity index (χ4v) is 4.49. The van der Waals surface area contributed by atoms with E-state index in [1.807, 2.05) is 17.0 Å². The van der Waals surface area contributed by atoms with Crippen molar-refractivity contribution in [3.05, 3.63) is 29.8 Å². The van der Waals surface area contributed by atoms with Crippen LogP contribution >= 0.6 is 12.4 Å². The number of hydrogen-bond acceptors (Lipinski definition) is 4. The molecule has 1 amide bonds. The van der Waals surface area contributed by atoms with Gasteiger partial charge in [0, 0.05) is 32.1 Å². The predicted octanol–water partition coefficient (Wildman–Crippen LogP) is 2.66. The number of piperidine rings is 1. The second-order valence-corrected chi connectivity index (χ2v) is 10.3. The summed E-state index contributed by atoms with van der Waals surface area (Å²) in [6, 6.07) is 6.95. The third kappa shape index (κ3) is 6.44. The normalized spacial score (nSPS) is 20.5. The first kappa shape index (κ1) is 24.9. The van der Waals surface area contributed by atoms with E-state index in [9.17, 15) is 13.2 Å². The predicted molar refractivity (Wildman–Crippen MR) is 115 cm³/mol. The van der Waals surface area contributed by atoms with Crippen molar-refractivity contribution in [2.75, 3.05) is 19.6 Å². The van der Waals surface area contributed by atoms with Gasteiger partial charge in [-0.25, -0.2) is 13.1 Å². The Morgan fingerprint density at radius 3 is 2.39 bits per heavy atom. The lowest BCUT2D eigenvalue weighted by Crippen LogP contribution is -2.49. The number of benzene rings is 1.